The second-order valence-corrected chi connectivity index (χ2v) is 9.82. The summed E-state index contributed by atoms with van der Waals surface area (Å²) in [6, 6.07) is 2.62. The van der Waals surface area contributed by atoms with Crippen molar-refractivity contribution < 1.29 is 9.59 Å². The summed E-state index contributed by atoms with van der Waals surface area (Å²) in [5.41, 5.74) is 4.31. The van der Waals surface area contributed by atoms with Gasteiger partial charge < -0.3 is 16.0 Å². The smallest absolute Gasteiger partial charge is 0.259 e. The Bertz CT molecular complexity index is 1460. The Labute approximate surface area is 213 Å². The molecule has 4 heterocycles. The summed E-state index contributed by atoms with van der Waals surface area (Å²) >= 11 is 0. The largest absolute Gasteiger partial charge is 0.324 e. The molecule has 6 rings (SSSR count). The molecule has 3 N–H and O–H groups in total. The maximum absolute atomic E-state index is 13.1. The quantitative estimate of drug-likeness (QED) is 0.339. The zero-order valence-corrected chi connectivity index (χ0v) is 20.6. The molecule has 0 aromatic carbocycles. The number of carbonyl (C=O) groups is 2. The van der Waals surface area contributed by atoms with Crippen LogP contribution in [0.2, 0.25) is 0 Å². The first kappa shape index (κ1) is 23.3. The number of aromatic nitrogens is 6. The first-order valence-electron chi connectivity index (χ1n) is 12.7. The predicted molar refractivity (Wildman–Crippen MR) is 138 cm³/mol. The van der Waals surface area contributed by atoms with Gasteiger partial charge in [0.2, 0.25) is 5.91 Å². The molecule has 0 radical (unpaired) electrons. The minimum absolute atomic E-state index is 0.137. The molecule has 2 amide bonds. The van der Waals surface area contributed by atoms with Crippen molar-refractivity contribution >= 4 is 28.7 Å². The number of amides is 2. The molecule has 2 saturated carbocycles. The van der Waals surface area contributed by atoms with E-state index in [0.29, 0.717) is 40.2 Å². The van der Waals surface area contributed by atoms with Gasteiger partial charge in [0.25, 0.3) is 5.91 Å². The van der Waals surface area contributed by atoms with E-state index < -0.39 is 0 Å². The molecule has 11 heteroatoms. The Balaban J connectivity index is 1.14. The predicted octanol–water partition coefficient (Wildman–Crippen LogP) is 3.35. The molecule has 0 bridgehead atoms. The Morgan fingerprint density at radius 1 is 0.973 bits per heavy atom. The summed E-state index contributed by atoms with van der Waals surface area (Å²) < 4.78 is 3.62. The third-order valence-electron chi connectivity index (χ3n) is 6.99. The van der Waals surface area contributed by atoms with Crippen molar-refractivity contribution in [2.45, 2.75) is 57.5 Å². The molecule has 0 spiro atoms. The number of carbonyl (C=O) groups excluding carboxylic acids is 2. The summed E-state index contributed by atoms with van der Waals surface area (Å²) in [5, 5.41) is 17.8. The molecule has 2 aliphatic carbocycles. The van der Waals surface area contributed by atoms with Crippen LogP contribution in [0.4, 0.5) is 11.4 Å². The van der Waals surface area contributed by atoms with Crippen LogP contribution in [0.5, 0.6) is 0 Å². The molecule has 37 heavy (non-hydrogen) atoms. The summed E-state index contributed by atoms with van der Waals surface area (Å²) in [6.07, 6.45) is 17.3. The van der Waals surface area contributed by atoms with Crippen LogP contribution >= 0.6 is 0 Å². The number of hydrogen-bond donors (Lipinski definition) is 3. The first-order chi connectivity index (χ1) is 18.0. The molecule has 11 nitrogen and oxygen atoms in total. The molecule has 190 valence electrons. The van der Waals surface area contributed by atoms with E-state index >= 15 is 0 Å². The maximum atomic E-state index is 13.1. The molecule has 0 unspecified atom stereocenters. The Hall–Kier alpha value is -4.12. The van der Waals surface area contributed by atoms with Gasteiger partial charge in [-0.25, -0.2) is 4.52 Å². The second-order valence-electron chi connectivity index (χ2n) is 9.82. The highest BCUT2D eigenvalue weighted by atomic mass is 16.2. The molecular formula is C26H29N9O2. The van der Waals surface area contributed by atoms with E-state index in [1.807, 2.05) is 10.9 Å². The van der Waals surface area contributed by atoms with Crippen LogP contribution in [0.25, 0.3) is 16.8 Å². The maximum Gasteiger partial charge on any atom is 0.259 e. The van der Waals surface area contributed by atoms with E-state index in [1.54, 1.807) is 42.3 Å². The van der Waals surface area contributed by atoms with Crippen molar-refractivity contribution in [1.29, 1.82) is 0 Å². The molecule has 0 aliphatic heterocycles. The topological polar surface area (TPSA) is 131 Å². The fraction of sp³-hybridized carbons (Fsp3) is 0.385. The number of nitrogens with one attached hydrogen (secondary N) is 3. The van der Waals surface area contributed by atoms with Gasteiger partial charge >= 0.3 is 0 Å². The fourth-order valence-electron chi connectivity index (χ4n) is 4.71. The average molecular weight is 500 g/mol. The highest BCUT2D eigenvalue weighted by Crippen LogP contribution is 2.35. The number of hydrogen-bond acceptors (Lipinski definition) is 7. The lowest BCUT2D eigenvalue weighted by Gasteiger charge is -2.13. The third-order valence-corrected chi connectivity index (χ3v) is 6.99. The monoisotopic (exact) mass is 499 g/mol. The van der Waals surface area contributed by atoms with Gasteiger partial charge in [0, 0.05) is 17.8 Å². The van der Waals surface area contributed by atoms with E-state index in [9.17, 15) is 9.59 Å². The van der Waals surface area contributed by atoms with Crippen LogP contribution in [0, 0.1) is 6.92 Å². The molecule has 4 aromatic rings. The molecular weight excluding hydrogens is 470 g/mol. The molecule has 2 aliphatic rings. The van der Waals surface area contributed by atoms with E-state index in [4.69, 9.17) is 0 Å². The summed E-state index contributed by atoms with van der Waals surface area (Å²) in [5.74, 6) is -0.468. The molecule has 0 saturated heterocycles. The normalized spacial score (nSPS) is 15.8. The van der Waals surface area contributed by atoms with E-state index in [-0.39, 0.29) is 18.4 Å². The van der Waals surface area contributed by atoms with Crippen LogP contribution in [0.1, 0.15) is 60.6 Å². The fourth-order valence-corrected chi connectivity index (χ4v) is 4.71. The number of nitrogens with zero attached hydrogens (tertiary/aromatic N) is 6. The van der Waals surface area contributed by atoms with Crippen molar-refractivity contribution in [3.05, 3.63) is 54.5 Å². The second kappa shape index (κ2) is 9.74. The lowest BCUT2D eigenvalue weighted by Crippen LogP contribution is -2.34. The molecule has 2 fully saturated rings. The number of rotatable bonds is 8. The highest BCUT2D eigenvalue weighted by molar-refractivity contribution is 6.09. The van der Waals surface area contributed by atoms with Gasteiger partial charge in [-0.2, -0.15) is 10.2 Å². The van der Waals surface area contributed by atoms with Crippen molar-refractivity contribution in [3.8, 4) is 11.3 Å². The van der Waals surface area contributed by atoms with Crippen LogP contribution in [-0.4, -0.2) is 53.8 Å². The number of pyridine rings is 1. The van der Waals surface area contributed by atoms with Crippen LogP contribution < -0.4 is 16.0 Å². The summed E-state index contributed by atoms with van der Waals surface area (Å²) in [4.78, 5) is 34.4. The zero-order chi connectivity index (χ0) is 25.4. The van der Waals surface area contributed by atoms with Crippen LogP contribution in [0.3, 0.4) is 0 Å². The van der Waals surface area contributed by atoms with Crippen molar-refractivity contribution in [1.82, 2.24) is 34.7 Å². The van der Waals surface area contributed by atoms with Gasteiger partial charge in [-0.05, 0) is 38.7 Å². The van der Waals surface area contributed by atoms with E-state index in [2.05, 4.69) is 36.1 Å². The highest BCUT2D eigenvalue weighted by Gasteiger charge is 2.24. The van der Waals surface area contributed by atoms with Crippen molar-refractivity contribution in [2.75, 3.05) is 17.2 Å². The Morgan fingerprint density at radius 2 is 1.81 bits per heavy atom. The summed E-state index contributed by atoms with van der Waals surface area (Å²) in [7, 11) is 0. The third kappa shape index (κ3) is 5.08. The van der Waals surface area contributed by atoms with Crippen molar-refractivity contribution in [2.24, 2.45) is 0 Å². The lowest BCUT2D eigenvalue weighted by atomic mass is 10.2. The SMILES string of the molecule is Cc1ncc(NC(=O)CNC2CCCC2)cc1NC(=O)c1cnn2cc(-c3cnn(C4CC4)c3)ncc12. The number of anilines is 2. The minimum atomic E-state index is -0.331. The first-order valence-corrected chi connectivity index (χ1v) is 12.7. The number of aryl methyl sites for hydroxylation is 1. The van der Waals surface area contributed by atoms with Crippen LogP contribution in [0.15, 0.2) is 43.2 Å². The van der Waals surface area contributed by atoms with E-state index in [0.717, 1.165) is 36.9 Å². The molecule has 0 atom stereocenters. The lowest BCUT2D eigenvalue weighted by molar-refractivity contribution is -0.115. The van der Waals surface area contributed by atoms with Gasteiger partial charge in [0.1, 0.15) is 0 Å². The summed E-state index contributed by atoms with van der Waals surface area (Å²) in [6.45, 7) is 2.05. The van der Waals surface area contributed by atoms with Gasteiger partial charge in [-0.3, -0.25) is 24.2 Å². The molecule has 4 aromatic heterocycles. The van der Waals surface area contributed by atoms with Gasteiger partial charge in [0.15, 0.2) is 0 Å². The van der Waals surface area contributed by atoms with E-state index in [1.165, 1.54) is 19.0 Å². The van der Waals surface area contributed by atoms with Crippen molar-refractivity contribution in [3.63, 3.8) is 0 Å². The van der Waals surface area contributed by atoms with Gasteiger partial charge in [0.05, 0.1) is 77.4 Å². The minimum Gasteiger partial charge on any atom is -0.324 e. The standard InChI is InChI=1S/C26H29N9O2/c1-16-22(8-19(10-27-16)32-25(36)13-28-18-4-2-3-5-18)33-26(37)21-11-31-35-15-23(29-12-24(21)35)17-9-30-34(14-17)20-6-7-20/h8-12,14-15,18,20,28H,2-7,13H2,1H3,(H,32,36)(H,33,37). The van der Waals surface area contributed by atoms with Gasteiger partial charge in [-0.15, -0.1) is 0 Å². The van der Waals surface area contributed by atoms with Gasteiger partial charge in [-0.1, -0.05) is 12.8 Å². The Morgan fingerprint density at radius 3 is 2.62 bits per heavy atom. The average Bonchev–Trinajstić information content (AvgIpc) is 3.28. The zero-order valence-electron chi connectivity index (χ0n) is 20.6. The Kier molecular flexibility index (Phi) is 6.13. The van der Waals surface area contributed by atoms with Crippen LogP contribution in [-0.2, 0) is 4.79 Å². The number of fused-ring (bicyclic) bond motifs is 1.